The van der Waals surface area contributed by atoms with Crippen LogP contribution in [0.5, 0.6) is 0 Å². The van der Waals surface area contributed by atoms with Gasteiger partial charge in [-0.1, -0.05) is 0 Å². The molecule has 7 nitrogen and oxygen atoms in total. The number of aromatic amines is 1. The van der Waals surface area contributed by atoms with Crippen molar-refractivity contribution in [3.05, 3.63) is 45.0 Å². The van der Waals surface area contributed by atoms with Crippen molar-refractivity contribution >= 4 is 0 Å². The maximum Gasteiger partial charge on any atom is 0.330 e. The Morgan fingerprint density at radius 3 is 2.83 bits per heavy atom. The zero-order valence-electron chi connectivity index (χ0n) is 9.12. The zero-order chi connectivity index (χ0) is 13.3. The van der Waals surface area contributed by atoms with E-state index in [1.165, 1.54) is 0 Å². The molecule has 1 aliphatic rings. The monoisotopic (exact) mass is 258 g/mol. The number of nitrogens with one attached hydrogen (secondary N) is 1. The van der Waals surface area contributed by atoms with Gasteiger partial charge in [0, 0.05) is 17.8 Å². The molecule has 1 saturated heterocycles. The molecule has 0 aromatic carbocycles. The minimum atomic E-state index is -1.34. The molecule has 2 heterocycles. The summed E-state index contributed by atoms with van der Waals surface area (Å²) in [5.41, 5.74) is -1.58. The summed E-state index contributed by atoms with van der Waals surface area (Å²) < 4.78 is 18.8. The minimum Gasteiger partial charge on any atom is -0.394 e. The van der Waals surface area contributed by atoms with Crippen LogP contribution in [0.25, 0.3) is 0 Å². The van der Waals surface area contributed by atoms with E-state index in [4.69, 9.17) is 9.84 Å². The third-order valence-electron chi connectivity index (χ3n) is 2.69. The number of rotatable bonds is 2. The number of aliphatic hydroxyl groups is 2. The van der Waals surface area contributed by atoms with Gasteiger partial charge >= 0.3 is 5.69 Å². The lowest BCUT2D eigenvalue weighted by Gasteiger charge is -2.14. The quantitative estimate of drug-likeness (QED) is 0.607. The molecule has 98 valence electrons. The van der Waals surface area contributed by atoms with Crippen LogP contribution in [0.2, 0.25) is 0 Å². The van der Waals surface area contributed by atoms with E-state index in [0.717, 1.165) is 16.8 Å². The van der Waals surface area contributed by atoms with Crippen LogP contribution in [0.4, 0.5) is 4.39 Å². The van der Waals surface area contributed by atoms with Crippen LogP contribution in [0.15, 0.2) is 33.8 Å². The van der Waals surface area contributed by atoms with Crippen molar-refractivity contribution in [3.63, 3.8) is 0 Å². The van der Waals surface area contributed by atoms with Gasteiger partial charge < -0.3 is 14.9 Å². The summed E-state index contributed by atoms with van der Waals surface area (Å²) in [4.78, 5) is 24.4. The maximum atomic E-state index is 12.7. The van der Waals surface area contributed by atoms with E-state index < -0.39 is 36.3 Å². The molecule has 2 rings (SSSR count). The smallest absolute Gasteiger partial charge is 0.330 e. The highest BCUT2D eigenvalue weighted by atomic mass is 19.1. The summed E-state index contributed by atoms with van der Waals surface area (Å²) in [5.74, 6) is 0. The van der Waals surface area contributed by atoms with Gasteiger partial charge in [0.15, 0.2) is 6.23 Å². The van der Waals surface area contributed by atoms with Gasteiger partial charge in [0.05, 0.1) is 12.9 Å². The van der Waals surface area contributed by atoms with Gasteiger partial charge in [0.2, 0.25) is 0 Å². The van der Waals surface area contributed by atoms with Crippen LogP contribution in [0, 0.1) is 0 Å². The molecule has 18 heavy (non-hydrogen) atoms. The van der Waals surface area contributed by atoms with Gasteiger partial charge in [-0.3, -0.25) is 14.3 Å². The minimum absolute atomic E-state index is 0.128. The number of aromatic nitrogens is 2. The molecule has 3 N–H and O–H groups in total. The van der Waals surface area contributed by atoms with Gasteiger partial charge in [-0.25, -0.2) is 9.18 Å². The van der Waals surface area contributed by atoms with Crippen molar-refractivity contribution < 1.29 is 19.3 Å². The standard InChI is InChI=1S/C10H11FN2O5/c11-3-5-8(16)6(4-14)18-9(5)13-2-1-7(15)12-10(13)17/h1-3,6,8-9,14,16H,4H2,(H,12,15,17)/t6-,8+,9-/m1/s1. The van der Waals surface area contributed by atoms with E-state index >= 15 is 0 Å². The lowest BCUT2D eigenvalue weighted by molar-refractivity contribution is -0.0448. The molecule has 1 aromatic heterocycles. The van der Waals surface area contributed by atoms with Gasteiger partial charge in [-0.15, -0.1) is 0 Å². The molecule has 0 saturated carbocycles. The molecule has 1 fully saturated rings. The summed E-state index contributed by atoms with van der Waals surface area (Å²) in [6.07, 6.45) is -2.30. The Labute approximate surface area is 99.8 Å². The second kappa shape index (κ2) is 4.84. The SMILES string of the molecule is O=c1ccn([C@@H]2O[C@H](CO)[C@@H](O)C2=CF)c(=O)[nH]1. The second-order valence-corrected chi connectivity index (χ2v) is 3.78. The number of ether oxygens (including phenoxy) is 1. The predicted octanol–water partition coefficient (Wildman–Crippen LogP) is -1.36. The third-order valence-corrected chi connectivity index (χ3v) is 2.69. The van der Waals surface area contributed by atoms with Gasteiger partial charge in [0.25, 0.3) is 5.56 Å². The first kappa shape index (κ1) is 12.7. The molecule has 0 bridgehead atoms. The molecule has 0 aliphatic carbocycles. The first-order valence-corrected chi connectivity index (χ1v) is 5.14. The van der Waals surface area contributed by atoms with Crippen molar-refractivity contribution in [1.29, 1.82) is 0 Å². The largest absolute Gasteiger partial charge is 0.394 e. The van der Waals surface area contributed by atoms with Gasteiger partial charge in [-0.2, -0.15) is 0 Å². The van der Waals surface area contributed by atoms with Crippen molar-refractivity contribution in [2.75, 3.05) is 6.61 Å². The van der Waals surface area contributed by atoms with E-state index in [2.05, 4.69) is 0 Å². The molecule has 8 heteroatoms. The van der Waals surface area contributed by atoms with E-state index in [0.29, 0.717) is 0 Å². The van der Waals surface area contributed by atoms with Gasteiger partial charge in [-0.05, 0) is 0 Å². The molecule has 1 aromatic rings. The van der Waals surface area contributed by atoms with Crippen molar-refractivity contribution in [2.45, 2.75) is 18.4 Å². The zero-order valence-corrected chi connectivity index (χ0v) is 9.12. The number of H-pyrrole nitrogens is 1. The van der Waals surface area contributed by atoms with Crippen LogP contribution in [-0.4, -0.2) is 38.6 Å². The fourth-order valence-electron chi connectivity index (χ4n) is 1.78. The average Bonchev–Trinajstić information content (AvgIpc) is 2.65. The van der Waals surface area contributed by atoms with Crippen molar-refractivity contribution in [2.24, 2.45) is 0 Å². The molecule has 0 radical (unpaired) electrons. The molecular weight excluding hydrogens is 247 g/mol. The Kier molecular flexibility index (Phi) is 3.41. The topological polar surface area (TPSA) is 105 Å². The summed E-state index contributed by atoms with van der Waals surface area (Å²) in [7, 11) is 0. The summed E-state index contributed by atoms with van der Waals surface area (Å²) in [6.45, 7) is -0.521. The average molecular weight is 258 g/mol. The normalized spacial score (nSPS) is 29.9. The highest BCUT2D eigenvalue weighted by Gasteiger charge is 2.40. The van der Waals surface area contributed by atoms with Crippen LogP contribution >= 0.6 is 0 Å². The third kappa shape index (κ3) is 2.01. The van der Waals surface area contributed by atoms with Crippen LogP contribution in [-0.2, 0) is 4.74 Å². The maximum absolute atomic E-state index is 12.7. The fourth-order valence-corrected chi connectivity index (χ4v) is 1.78. The molecule has 3 atom stereocenters. The lowest BCUT2D eigenvalue weighted by Crippen LogP contribution is -2.32. The van der Waals surface area contributed by atoms with Crippen LogP contribution in [0.1, 0.15) is 6.23 Å². The Morgan fingerprint density at radius 2 is 2.28 bits per heavy atom. The molecule has 0 spiro atoms. The number of nitrogens with zero attached hydrogens (tertiary/aromatic N) is 1. The molecule has 0 amide bonds. The number of hydrogen-bond acceptors (Lipinski definition) is 5. The van der Waals surface area contributed by atoms with E-state index in [1.807, 2.05) is 4.98 Å². The number of hydrogen-bond donors (Lipinski definition) is 3. The van der Waals surface area contributed by atoms with Crippen molar-refractivity contribution in [3.8, 4) is 0 Å². The van der Waals surface area contributed by atoms with Crippen LogP contribution in [0.3, 0.4) is 0 Å². The second-order valence-electron chi connectivity index (χ2n) is 3.78. The van der Waals surface area contributed by atoms with E-state index in [9.17, 15) is 19.1 Å². The summed E-state index contributed by atoms with van der Waals surface area (Å²) in [6, 6.07) is 1.07. The first-order chi connectivity index (χ1) is 8.58. The predicted molar refractivity (Wildman–Crippen MR) is 57.5 cm³/mol. The first-order valence-electron chi connectivity index (χ1n) is 5.14. The Bertz CT molecular complexity index is 578. The Balaban J connectivity index is 2.45. The Morgan fingerprint density at radius 1 is 1.56 bits per heavy atom. The van der Waals surface area contributed by atoms with Gasteiger partial charge in [0.1, 0.15) is 12.2 Å². The lowest BCUT2D eigenvalue weighted by atomic mass is 10.1. The number of aliphatic hydroxyl groups excluding tert-OH is 2. The van der Waals surface area contributed by atoms with E-state index in [1.54, 1.807) is 0 Å². The van der Waals surface area contributed by atoms with Crippen LogP contribution < -0.4 is 11.2 Å². The number of halogens is 1. The summed E-state index contributed by atoms with van der Waals surface area (Å²) >= 11 is 0. The highest BCUT2D eigenvalue weighted by Crippen LogP contribution is 2.33. The molecular formula is C10H11FN2O5. The highest BCUT2D eigenvalue weighted by molar-refractivity contribution is 5.16. The van der Waals surface area contributed by atoms with E-state index in [-0.39, 0.29) is 11.9 Å². The Hall–Kier alpha value is -1.77. The molecule has 1 aliphatic heterocycles. The summed E-state index contributed by atoms with van der Waals surface area (Å²) in [5, 5.41) is 18.6. The molecule has 0 unspecified atom stereocenters. The fraction of sp³-hybridized carbons (Fsp3) is 0.400. The van der Waals surface area contributed by atoms with Crippen molar-refractivity contribution in [1.82, 2.24) is 9.55 Å².